The van der Waals surface area contributed by atoms with Gasteiger partial charge in [-0.2, -0.15) is 0 Å². The first-order valence-electron chi connectivity index (χ1n) is 11.7. The molecule has 0 unspecified atom stereocenters. The number of benzene rings is 2. The molecule has 0 amide bonds. The van der Waals surface area contributed by atoms with Crippen LogP contribution in [0.2, 0.25) is 0 Å². The van der Waals surface area contributed by atoms with Gasteiger partial charge in [0.2, 0.25) is 0 Å². The fourth-order valence-electron chi connectivity index (χ4n) is 4.03. The van der Waals surface area contributed by atoms with Crippen LogP contribution in [0.1, 0.15) is 82.4 Å². The normalized spacial score (nSPS) is 19.4. The number of unbranched alkanes of at least 4 members (excludes halogenated alkanes) is 5. The van der Waals surface area contributed by atoms with Crippen LogP contribution in [0.5, 0.6) is 0 Å². The Kier molecular flexibility index (Phi) is 9.24. The lowest BCUT2D eigenvalue weighted by molar-refractivity contribution is -0.137. The quantitative estimate of drug-likeness (QED) is 0.367. The van der Waals surface area contributed by atoms with Crippen molar-refractivity contribution in [2.75, 3.05) is 13.2 Å². The molecule has 0 N–H and O–H groups in total. The van der Waals surface area contributed by atoms with Crippen LogP contribution in [0.3, 0.4) is 0 Å². The van der Waals surface area contributed by atoms with Crippen LogP contribution in [-0.4, -0.2) is 19.3 Å². The fraction of sp³-hybridized carbons (Fsp3) is 0.556. The third-order valence-corrected chi connectivity index (χ3v) is 5.98. The highest BCUT2D eigenvalue weighted by atomic mass is 16.6. The molecular formula is C27H38O2. The summed E-state index contributed by atoms with van der Waals surface area (Å²) in [6.45, 7) is 5.90. The molecule has 29 heavy (non-hydrogen) atoms. The van der Waals surface area contributed by atoms with Gasteiger partial charge < -0.3 is 9.47 Å². The van der Waals surface area contributed by atoms with Gasteiger partial charge in [0.15, 0.2) is 0 Å². The van der Waals surface area contributed by atoms with Crippen molar-refractivity contribution in [3.8, 4) is 11.1 Å². The van der Waals surface area contributed by atoms with E-state index in [2.05, 4.69) is 62.4 Å². The summed E-state index contributed by atoms with van der Waals surface area (Å²) in [5, 5.41) is 0. The Labute approximate surface area is 177 Å². The molecule has 1 heterocycles. The molecule has 0 bridgehead atoms. The van der Waals surface area contributed by atoms with E-state index in [-0.39, 0.29) is 12.2 Å². The van der Waals surface area contributed by atoms with Gasteiger partial charge in [-0.05, 0) is 41.5 Å². The Morgan fingerprint density at radius 2 is 1.34 bits per heavy atom. The van der Waals surface area contributed by atoms with E-state index in [1.54, 1.807) is 0 Å². The van der Waals surface area contributed by atoms with Gasteiger partial charge in [0.1, 0.15) is 6.10 Å². The van der Waals surface area contributed by atoms with E-state index in [4.69, 9.17) is 9.47 Å². The van der Waals surface area contributed by atoms with Crippen LogP contribution in [0, 0.1) is 0 Å². The summed E-state index contributed by atoms with van der Waals surface area (Å²) in [6, 6.07) is 17.9. The van der Waals surface area contributed by atoms with Gasteiger partial charge in [-0.15, -0.1) is 0 Å². The van der Waals surface area contributed by atoms with Crippen LogP contribution < -0.4 is 0 Å². The zero-order valence-corrected chi connectivity index (χ0v) is 18.4. The van der Waals surface area contributed by atoms with Gasteiger partial charge in [-0.25, -0.2) is 0 Å². The summed E-state index contributed by atoms with van der Waals surface area (Å²) in [4.78, 5) is 0. The smallest absolute Gasteiger partial charge is 0.106 e. The van der Waals surface area contributed by atoms with Crippen molar-refractivity contribution in [1.82, 2.24) is 0 Å². The standard InChI is InChI=1S/C27H38O2/c1-3-5-7-9-11-26-20-29-27(21-28-26)25-18-16-24(17-19-25)23-14-12-22(13-15-23)10-8-6-4-2/h12-19,26-27H,3-11,20-21H2,1-2H3/t26-,27-/m1/s1. The molecule has 1 saturated heterocycles. The highest BCUT2D eigenvalue weighted by Crippen LogP contribution is 2.27. The summed E-state index contributed by atoms with van der Waals surface area (Å²) in [7, 11) is 0. The lowest BCUT2D eigenvalue weighted by Crippen LogP contribution is -2.31. The van der Waals surface area contributed by atoms with Gasteiger partial charge in [-0.1, -0.05) is 101 Å². The molecule has 158 valence electrons. The zero-order chi connectivity index (χ0) is 20.3. The fourth-order valence-corrected chi connectivity index (χ4v) is 4.03. The number of ether oxygens (including phenoxy) is 2. The van der Waals surface area contributed by atoms with E-state index in [1.807, 2.05) is 0 Å². The third-order valence-electron chi connectivity index (χ3n) is 5.98. The largest absolute Gasteiger partial charge is 0.373 e. The average molecular weight is 395 g/mol. The lowest BCUT2D eigenvalue weighted by Gasteiger charge is -2.30. The first-order valence-corrected chi connectivity index (χ1v) is 11.7. The third kappa shape index (κ3) is 6.97. The van der Waals surface area contributed by atoms with Crippen LogP contribution in [0.4, 0.5) is 0 Å². The Balaban J connectivity index is 1.48. The van der Waals surface area contributed by atoms with Gasteiger partial charge in [0.05, 0.1) is 19.3 Å². The molecule has 2 nitrogen and oxygen atoms in total. The molecule has 0 radical (unpaired) electrons. The number of aryl methyl sites for hydroxylation is 1. The highest BCUT2D eigenvalue weighted by Gasteiger charge is 2.23. The van der Waals surface area contributed by atoms with Crippen LogP contribution in [0.15, 0.2) is 48.5 Å². The molecule has 1 aliphatic rings. The minimum Gasteiger partial charge on any atom is -0.373 e. The van der Waals surface area contributed by atoms with E-state index in [1.165, 1.54) is 73.6 Å². The van der Waals surface area contributed by atoms with Crippen LogP contribution >= 0.6 is 0 Å². The molecule has 0 spiro atoms. The molecule has 0 aliphatic carbocycles. The van der Waals surface area contributed by atoms with Crippen molar-refractivity contribution in [2.24, 2.45) is 0 Å². The van der Waals surface area contributed by atoms with Gasteiger partial charge in [-0.3, -0.25) is 0 Å². The molecule has 0 saturated carbocycles. The lowest BCUT2D eigenvalue weighted by atomic mass is 9.99. The van der Waals surface area contributed by atoms with Crippen LogP contribution in [-0.2, 0) is 15.9 Å². The number of rotatable bonds is 11. The summed E-state index contributed by atoms with van der Waals surface area (Å²) in [6.07, 6.45) is 11.7. The topological polar surface area (TPSA) is 18.5 Å². The molecule has 2 aromatic rings. The maximum Gasteiger partial charge on any atom is 0.106 e. The molecular weight excluding hydrogens is 356 g/mol. The molecule has 2 aromatic carbocycles. The minimum atomic E-state index is 0.0666. The summed E-state index contributed by atoms with van der Waals surface area (Å²) >= 11 is 0. The van der Waals surface area contributed by atoms with E-state index in [0.29, 0.717) is 6.61 Å². The summed E-state index contributed by atoms with van der Waals surface area (Å²) in [5.41, 5.74) is 5.20. The molecule has 2 atom stereocenters. The first-order chi connectivity index (χ1) is 14.3. The second kappa shape index (κ2) is 12.1. The molecule has 3 rings (SSSR count). The van der Waals surface area contributed by atoms with Crippen molar-refractivity contribution in [3.63, 3.8) is 0 Å². The molecule has 2 heteroatoms. The SMILES string of the molecule is CCCCCC[C@@H]1CO[C@@H](c2ccc(-c3ccc(CCCCC)cc3)cc2)CO1. The van der Waals surface area contributed by atoms with Crippen molar-refractivity contribution in [3.05, 3.63) is 59.7 Å². The Hall–Kier alpha value is -1.64. The predicted octanol–water partition coefficient (Wildman–Crippen LogP) is 7.51. The van der Waals surface area contributed by atoms with Crippen molar-refractivity contribution >= 4 is 0 Å². The number of hydrogen-bond acceptors (Lipinski definition) is 2. The second-order valence-corrected chi connectivity index (χ2v) is 8.40. The summed E-state index contributed by atoms with van der Waals surface area (Å²) in [5.74, 6) is 0. The molecule has 1 fully saturated rings. The monoisotopic (exact) mass is 394 g/mol. The second-order valence-electron chi connectivity index (χ2n) is 8.40. The maximum absolute atomic E-state index is 6.12. The van der Waals surface area contributed by atoms with Crippen molar-refractivity contribution < 1.29 is 9.47 Å². The van der Waals surface area contributed by atoms with Gasteiger partial charge in [0.25, 0.3) is 0 Å². The first kappa shape index (κ1) is 22.1. The van der Waals surface area contributed by atoms with Gasteiger partial charge in [0, 0.05) is 0 Å². The van der Waals surface area contributed by atoms with Crippen molar-refractivity contribution in [2.45, 2.75) is 83.8 Å². The zero-order valence-electron chi connectivity index (χ0n) is 18.4. The average Bonchev–Trinajstić information content (AvgIpc) is 2.78. The Morgan fingerprint density at radius 3 is 1.97 bits per heavy atom. The van der Waals surface area contributed by atoms with E-state index in [0.717, 1.165) is 13.0 Å². The Morgan fingerprint density at radius 1 is 0.690 bits per heavy atom. The predicted molar refractivity (Wildman–Crippen MR) is 122 cm³/mol. The number of hydrogen-bond donors (Lipinski definition) is 0. The highest BCUT2D eigenvalue weighted by molar-refractivity contribution is 5.64. The molecule has 0 aromatic heterocycles. The van der Waals surface area contributed by atoms with Crippen molar-refractivity contribution in [1.29, 1.82) is 0 Å². The minimum absolute atomic E-state index is 0.0666. The summed E-state index contributed by atoms with van der Waals surface area (Å²) < 4.78 is 12.2. The van der Waals surface area contributed by atoms with E-state index in [9.17, 15) is 0 Å². The molecule has 1 aliphatic heterocycles. The van der Waals surface area contributed by atoms with Crippen LogP contribution in [0.25, 0.3) is 11.1 Å². The van der Waals surface area contributed by atoms with E-state index >= 15 is 0 Å². The Bertz CT molecular complexity index is 681. The van der Waals surface area contributed by atoms with Gasteiger partial charge >= 0.3 is 0 Å². The maximum atomic E-state index is 6.12. The van der Waals surface area contributed by atoms with E-state index < -0.39 is 0 Å².